The van der Waals surface area contributed by atoms with Gasteiger partial charge >= 0.3 is 0 Å². The third-order valence-corrected chi connectivity index (χ3v) is 2.14. The fourth-order valence-corrected chi connectivity index (χ4v) is 1.48. The van der Waals surface area contributed by atoms with Gasteiger partial charge in [0.05, 0.1) is 0 Å². The van der Waals surface area contributed by atoms with Gasteiger partial charge in [0.15, 0.2) is 0 Å². The summed E-state index contributed by atoms with van der Waals surface area (Å²) in [5.74, 6) is 0. The van der Waals surface area contributed by atoms with Crippen molar-refractivity contribution in [2.75, 3.05) is 6.61 Å². The highest BCUT2D eigenvalue weighted by molar-refractivity contribution is 5.29. The molecule has 0 aliphatic carbocycles. The van der Waals surface area contributed by atoms with Crippen molar-refractivity contribution in [3.05, 3.63) is 29.1 Å². The molecule has 2 rings (SSSR count). The molecule has 0 amide bonds. The molecular weight excluding hydrogens is 152 g/mol. The fourth-order valence-electron chi connectivity index (χ4n) is 1.48. The van der Waals surface area contributed by atoms with Gasteiger partial charge in [0, 0.05) is 38.0 Å². The summed E-state index contributed by atoms with van der Waals surface area (Å²) in [6.07, 6.45) is 2.56. The van der Waals surface area contributed by atoms with Gasteiger partial charge in [-0.1, -0.05) is 0 Å². The summed E-state index contributed by atoms with van der Waals surface area (Å²) in [5, 5.41) is 12.0. The molecule has 3 nitrogen and oxygen atoms in total. The Hall–Kier alpha value is -0.930. The number of pyridine rings is 1. The second-order valence-electron chi connectivity index (χ2n) is 3.02. The maximum Gasteiger partial charge on any atom is 0.0486 e. The second-order valence-corrected chi connectivity index (χ2v) is 3.02. The Kier molecular flexibility index (Phi) is 2.06. The number of fused-ring (bicyclic) bond motifs is 1. The van der Waals surface area contributed by atoms with Crippen LogP contribution in [0.4, 0.5) is 0 Å². The first-order valence-electron chi connectivity index (χ1n) is 4.18. The first-order valence-corrected chi connectivity index (χ1v) is 4.18. The standard InChI is InChI=1S/C9H12N2O/c12-2-1-9-3-7-4-10-5-8(7)6-11-9/h3,6,10,12H,1-2,4-5H2. The van der Waals surface area contributed by atoms with Crippen molar-refractivity contribution in [3.63, 3.8) is 0 Å². The molecule has 0 spiro atoms. The molecule has 0 aromatic carbocycles. The van der Waals surface area contributed by atoms with E-state index in [1.54, 1.807) is 0 Å². The molecule has 0 unspecified atom stereocenters. The van der Waals surface area contributed by atoms with Crippen molar-refractivity contribution >= 4 is 0 Å². The van der Waals surface area contributed by atoms with E-state index in [0.717, 1.165) is 18.8 Å². The van der Waals surface area contributed by atoms with Crippen LogP contribution in [-0.2, 0) is 19.5 Å². The number of aromatic nitrogens is 1. The Morgan fingerprint density at radius 1 is 1.42 bits per heavy atom. The third-order valence-electron chi connectivity index (χ3n) is 2.14. The molecule has 0 fully saturated rings. The zero-order valence-corrected chi connectivity index (χ0v) is 6.88. The maximum atomic E-state index is 8.71. The molecule has 0 atom stereocenters. The van der Waals surface area contributed by atoms with Gasteiger partial charge in [-0.2, -0.15) is 0 Å². The van der Waals surface area contributed by atoms with Crippen LogP contribution in [0.25, 0.3) is 0 Å². The van der Waals surface area contributed by atoms with E-state index >= 15 is 0 Å². The minimum atomic E-state index is 0.180. The summed E-state index contributed by atoms with van der Waals surface area (Å²) in [7, 11) is 0. The Morgan fingerprint density at radius 2 is 2.25 bits per heavy atom. The summed E-state index contributed by atoms with van der Waals surface area (Å²) in [4.78, 5) is 4.24. The summed E-state index contributed by atoms with van der Waals surface area (Å²) in [6.45, 7) is 2.05. The molecule has 12 heavy (non-hydrogen) atoms. The van der Waals surface area contributed by atoms with Gasteiger partial charge in [0.25, 0.3) is 0 Å². The van der Waals surface area contributed by atoms with Crippen molar-refractivity contribution in [1.29, 1.82) is 0 Å². The van der Waals surface area contributed by atoms with Crippen molar-refractivity contribution in [1.82, 2.24) is 10.3 Å². The largest absolute Gasteiger partial charge is 0.396 e. The van der Waals surface area contributed by atoms with Gasteiger partial charge in [-0.3, -0.25) is 4.98 Å². The van der Waals surface area contributed by atoms with Gasteiger partial charge in [0.1, 0.15) is 0 Å². The molecule has 1 aromatic rings. The van der Waals surface area contributed by atoms with Gasteiger partial charge in [-0.05, 0) is 17.2 Å². The van der Waals surface area contributed by atoms with Crippen LogP contribution < -0.4 is 5.32 Å². The SMILES string of the molecule is OCCc1cc2c(cn1)CNC2. The molecule has 1 aromatic heterocycles. The normalized spacial score (nSPS) is 14.8. The van der Waals surface area contributed by atoms with Crippen LogP contribution in [-0.4, -0.2) is 16.7 Å². The van der Waals surface area contributed by atoms with Crippen molar-refractivity contribution < 1.29 is 5.11 Å². The number of aliphatic hydroxyl groups excluding tert-OH is 1. The van der Waals surface area contributed by atoms with Gasteiger partial charge in [-0.25, -0.2) is 0 Å². The van der Waals surface area contributed by atoms with Crippen LogP contribution in [0.3, 0.4) is 0 Å². The molecule has 0 bridgehead atoms. The lowest BCUT2D eigenvalue weighted by molar-refractivity contribution is 0.298. The smallest absolute Gasteiger partial charge is 0.0486 e. The quantitative estimate of drug-likeness (QED) is 0.657. The lowest BCUT2D eigenvalue weighted by atomic mass is 10.1. The molecule has 0 saturated carbocycles. The van der Waals surface area contributed by atoms with Crippen LogP contribution >= 0.6 is 0 Å². The van der Waals surface area contributed by atoms with Crippen molar-refractivity contribution in [2.45, 2.75) is 19.5 Å². The predicted molar refractivity (Wildman–Crippen MR) is 45.6 cm³/mol. The number of nitrogens with zero attached hydrogens (tertiary/aromatic N) is 1. The second kappa shape index (κ2) is 3.21. The third kappa shape index (κ3) is 1.33. The van der Waals surface area contributed by atoms with Crippen LogP contribution in [0, 0.1) is 0 Å². The first-order chi connectivity index (χ1) is 5.90. The topological polar surface area (TPSA) is 45.2 Å². The zero-order chi connectivity index (χ0) is 8.39. The van der Waals surface area contributed by atoms with E-state index in [0.29, 0.717) is 6.42 Å². The highest BCUT2D eigenvalue weighted by Gasteiger charge is 2.10. The van der Waals surface area contributed by atoms with Crippen LogP contribution in [0.1, 0.15) is 16.8 Å². The van der Waals surface area contributed by atoms with Crippen LogP contribution in [0.15, 0.2) is 12.3 Å². The number of hydrogen-bond acceptors (Lipinski definition) is 3. The first kappa shape index (κ1) is 7.71. The zero-order valence-electron chi connectivity index (χ0n) is 6.88. The predicted octanol–water partition coefficient (Wildman–Crippen LogP) is 0.220. The average molecular weight is 164 g/mol. The molecule has 2 N–H and O–H groups in total. The highest BCUT2D eigenvalue weighted by Crippen LogP contribution is 2.14. The highest BCUT2D eigenvalue weighted by atomic mass is 16.3. The summed E-state index contributed by atoms with van der Waals surface area (Å²) in [5.41, 5.74) is 3.60. The number of aliphatic hydroxyl groups is 1. The molecule has 1 aliphatic rings. The van der Waals surface area contributed by atoms with E-state index < -0.39 is 0 Å². The summed E-state index contributed by atoms with van der Waals surface area (Å²) in [6, 6.07) is 2.07. The van der Waals surface area contributed by atoms with Crippen LogP contribution in [0.2, 0.25) is 0 Å². The molecule has 64 valence electrons. The Morgan fingerprint density at radius 3 is 3.08 bits per heavy atom. The lowest BCUT2D eigenvalue weighted by Crippen LogP contribution is -1.99. The van der Waals surface area contributed by atoms with Crippen molar-refractivity contribution in [2.24, 2.45) is 0 Å². The van der Waals surface area contributed by atoms with E-state index in [1.807, 2.05) is 6.20 Å². The molecular formula is C9H12N2O. The molecule has 0 saturated heterocycles. The Labute approximate surface area is 71.4 Å². The van der Waals surface area contributed by atoms with E-state index in [2.05, 4.69) is 16.4 Å². The summed E-state index contributed by atoms with van der Waals surface area (Å²) < 4.78 is 0. The molecule has 0 radical (unpaired) electrons. The average Bonchev–Trinajstić information content (AvgIpc) is 2.51. The Balaban J connectivity index is 2.26. The fraction of sp³-hybridized carbons (Fsp3) is 0.444. The maximum absolute atomic E-state index is 8.71. The Bertz CT molecular complexity index is 286. The van der Waals surface area contributed by atoms with Gasteiger partial charge < -0.3 is 10.4 Å². The number of rotatable bonds is 2. The van der Waals surface area contributed by atoms with Gasteiger partial charge in [0.2, 0.25) is 0 Å². The molecule has 3 heteroatoms. The summed E-state index contributed by atoms with van der Waals surface area (Å²) >= 11 is 0. The minimum Gasteiger partial charge on any atom is -0.396 e. The van der Waals surface area contributed by atoms with E-state index in [4.69, 9.17) is 5.11 Å². The number of nitrogens with one attached hydrogen (secondary N) is 1. The van der Waals surface area contributed by atoms with E-state index in [9.17, 15) is 0 Å². The van der Waals surface area contributed by atoms with E-state index in [1.165, 1.54) is 11.1 Å². The number of hydrogen-bond donors (Lipinski definition) is 2. The molecule has 2 heterocycles. The monoisotopic (exact) mass is 164 g/mol. The van der Waals surface area contributed by atoms with E-state index in [-0.39, 0.29) is 6.61 Å². The lowest BCUT2D eigenvalue weighted by Gasteiger charge is -2.00. The molecule has 1 aliphatic heterocycles. The van der Waals surface area contributed by atoms with Crippen molar-refractivity contribution in [3.8, 4) is 0 Å². The van der Waals surface area contributed by atoms with Crippen LogP contribution in [0.5, 0.6) is 0 Å². The van der Waals surface area contributed by atoms with Gasteiger partial charge in [-0.15, -0.1) is 0 Å². The minimum absolute atomic E-state index is 0.180.